The minimum Gasteiger partial charge on any atom is -0.454 e. The van der Waals surface area contributed by atoms with E-state index in [9.17, 15) is 9.90 Å². The van der Waals surface area contributed by atoms with E-state index < -0.39 is 5.41 Å². The van der Waals surface area contributed by atoms with Crippen molar-refractivity contribution in [3.63, 3.8) is 0 Å². The number of β-amino-alcohol motifs (C(OH)–C–C–N with tert-alkyl or cyclic N) is 1. The highest BCUT2D eigenvalue weighted by Crippen LogP contribution is 2.51. The van der Waals surface area contributed by atoms with E-state index in [1.807, 2.05) is 36.5 Å². The quantitative estimate of drug-likeness (QED) is 0.558. The van der Waals surface area contributed by atoms with Crippen LogP contribution in [0.2, 0.25) is 0 Å². The van der Waals surface area contributed by atoms with Crippen LogP contribution in [-0.2, 0) is 10.2 Å². The monoisotopic (exact) mass is 477 g/mol. The average Bonchev–Trinajstić information content (AvgIpc) is 3.13. The van der Waals surface area contributed by atoms with Crippen LogP contribution in [0.5, 0.6) is 11.5 Å². The number of ether oxygens (including phenoxy) is 2. The first-order chi connectivity index (χ1) is 16.5. The maximum Gasteiger partial charge on any atom is 0.236 e. The second-order valence-electron chi connectivity index (χ2n) is 9.37. The average molecular weight is 478 g/mol. The maximum atomic E-state index is 13.3. The Bertz CT molecular complexity index is 1240. The van der Waals surface area contributed by atoms with Gasteiger partial charge < -0.3 is 19.9 Å². The molecule has 2 N–H and O–H groups in total. The zero-order valence-electron chi connectivity index (χ0n) is 19.0. The Labute approximate surface area is 202 Å². The summed E-state index contributed by atoms with van der Waals surface area (Å²) in [5, 5.41) is 13.9. The van der Waals surface area contributed by atoms with E-state index >= 15 is 0 Å². The Hall–Kier alpha value is -2.94. The fraction of sp³-hybridized carbons (Fsp3) is 0.385. The fourth-order valence-electron chi connectivity index (χ4n) is 5.08. The lowest BCUT2D eigenvalue weighted by Crippen LogP contribution is -2.28. The topological polar surface area (TPSA) is 83.9 Å². The molecule has 6 rings (SSSR count). The number of hydrogen-bond acceptors (Lipinski definition) is 7. The van der Waals surface area contributed by atoms with Gasteiger partial charge in [-0.15, -0.1) is 0 Å². The van der Waals surface area contributed by atoms with E-state index in [0.29, 0.717) is 17.4 Å². The molecule has 1 saturated heterocycles. The summed E-state index contributed by atoms with van der Waals surface area (Å²) in [5.41, 5.74) is 2.82. The molecule has 2 fully saturated rings. The lowest BCUT2D eigenvalue weighted by Gasteiger charge is -2.28. The van der Waals surface area contributed by atoms with Gasteiger partial charge >= 0.3 is 0 Å². The van der Waals surface area contributed by atoms with Crippen molar-refractivity contribution >= 4 is 22.4 Å². The van der Waals surface area contributed by atoms with Gasteiger partial charge in [0.25, 0.3) is 0 Å². The van der Waals surface area contributed by atoms with E-state index in [1.165, 1.54) is 22.5 Å². The zero-order chi connectivity index (χ0) is 23.3. The van der Waals surface area contributed by atoms with Crippen LogP contribution in [-0.4, -0.2) is 46.9 Å². The van der Waals surface area contributed by atoms with Crippen molar-refractivity contribution in [1.29, 1.82) is 0 Å². The highest BCUT2D eigenvalue weighted by molar-refractivity contribution is 7.15. The van der Waals surface area contributed by atoms with Crippen LogP contribution in [0, 0.1) is 6.92 Å². The first kappa shape index (κ1) is 21.6. The number of hydrogen-bond donors (Lipinski definition) is 2. The van der Waals surface area contributed by atoms with Gasteiger partial charge in [-0.1, -0.05) is 41.7 Å². The van der Waals surface area contributed by atoms with Crippen molar-refractivity contribution in [2.45, 2.75) is 43.7 Å². The van der Waals surface area contributed by atoms with Crippen molar-refractivity contribution in [3.8, 4) is 11.5 Å². The Morgan fingerprint density at radius 3 is 2.82 bits per heavy atom. The molecule has 0 spiro atoms. The molecule has 7 nitrogen and oxygen atoms in total. The standard InChI is InChI=1S/C26H27N3O4S/c1-16-4-2-3-5-19(16)23(29-11-8-18(30)14-29)22-13-27-25(34-22)28-24(31)26(9-10-26)17-6-7-20-21(12-17)33-15-32-20/h2-7,12-13,18,23,30H,8-11,14-15H2,1H3,(H,27,28,31)/t18-,23+/m1/s1. The third-order valence-corrected chi connectivity index (χ3v) is 8.13. The van der Waals surface area contributed by atoms with Crippen LogP contribution in [0.4, 0.5) is 5.13 Å². The molecule has 2 aliphatic heterocycles. The number of benzene rings is 2. The van der Waals surface area contributed by atoms with Crippen LogP contribution in [0.25, 0.3) is 0 Å². The number of aliphatic hydroxyl groups excluding tert-OH is 1. The van der Waals surface area contributed by atoms with Crippen molar-refractivity contribution in [1.82, 2.24) is 9.88 Å². The number of aliphatic hydroxyl groups is 1. The number of amides is 1. The molecule has 1 saturated carbocycles. The van der Waals surface area contributed by atoms with Crippen LogP contribution < -0.4 is 14.8 Å². The molecule has 1 aliphatic carbocycles. The number of thiazole rings is 1. The maximum absolute atomic E-state index is 13.3. The summed E-state index contributed by atoms with van der Waals surface area (Å²) in [7, 11) is 0. The SMILES string of the molecule is Cc1ccccc1[C@@H](c1cnc(NC(=O)C2(c3ccc4c(c3)OCO4)CC2)s1)N1CC[C@@H](O)C1. The highest BCUT2D eigenvalue weighted by atomic mass is 32.1. The molecule has 1 aromatic heterocycles. The smallest absolute Gasteiger partial charge is 0.236 e. The second kappa shape index (κ2) is 8.37. The van der Waals surface area contributed by atoms with Gasteiger partial charge in [-0.2, -0.15) is 0 Å². The fourth-order valence-corrected chi connectivity index (χ4v) is 6.05. The molecule has 176 valence electrons. The largest absolute Gasteiger partial charge is 0.454 e. The molecule has 8 heteroatoms. The Kier molecular flexibility index (Phi) is 5.32. The Morgan fingerprint density at radius 1 is 1.24 bits per heavy atom. The molecule has 2 aromatic carbocycles. The van der Waals surface area contributed by atoms with Gasteiger partial charge in [0.2, 0.25) is 12.7 Å². The van der Waals surface area contributed by atoms with Gasteiger partial charge in [0.1, 0.15) is 0 Å². The minimum absolute atomic E-state index is 0.00486. The summed E-state index contributed by atoms with van der Waals surface area (Å²) in [4.78, 5) is 21.3. The number of carbonyl (C=O) groups is 1. The van der Waals surface area contributed by atoms with E-state index in [0.717, 1.165) is 42.0 Å². The molecule has 0 unspecified atom stereocenters. The Morgan fingerprint density at radius 2 is 2.06 bits per heavy atom. The number of carbonyl (C=O) groups excluding carboxylic acids is 1. The van der Waals surface area contributed by atoms with Gasteiger partial charge in [-0.05, 0) is 55.0 Å². The van der Waals surface area contributed by atoms with Crippen molar-refractivity contribution in [3.05, 3.63) is 70.2 Å². The number of nitrogens with one attached hydrogen (secondary N) is 1. The van der Waals surface area contributed by atoms with Crippen molar-refractivity contribution in [2.24, 2.45) is 0 Å². The van der Waals surface area contributed by atoms with E-state index in [2.05, 4.69) is 34.3 Å². The van der Waals surface area contributed by atoms with Crippen LogP contribution in [0.1, 0.15) is 46.9 Å². The molecule has 0 radical (unpaired) electrons. The third kappa shape index (κ3) is 3.76. The first-order valence-corrected chi connectivity index (χ1v) is 12.5. The van der Waals surface area contributed by atoms with Gasteiger partial charge in [-0.25, -0.2) is 4.98 Å². The van der Waals surface area contributed by atoms with Gasteiger partial charge in [0, 0.05) is 24.2 Å². The summed E-state index contributed by atoms with van der Waals surface area (Å²) in [6, 6.07) is 14.1. The van der Waals surface area contributed by atoms with Crippen LogP contribution in [0.15, 0.2) is 48.7 Å². The number of anilines is 1. The lowest BCUT2D eigenvalue weighted by molar-refractivity contribution is -0.118. The number of rotatable bonds is 6. The number of nitrogens with zero attached hydrogens (tertiary/aromatic N) is 2. The molecule has 0 bridgehead atoms. The lowest BCUT2D eigenvalue weighted by atomic mass is 9.94. The molecule has 3 aromatic rings. The highest BCUT2D eigenvalue weighted by Gasteiger charge is 2.52. The summed E-state index contributed by atoms with van der Waals surface area (Å²) in [5.74, 6) is 1.39. The van der Waals surface area contributed by atoms with Crippen molar-refractivity contribution in [2.75, 3.05) is 25.2 Å². The van der Waals surface area contributed by atoms with E-state index in [1.54, 1.807) is 0 Å². The second-order valence-corrected chi connectivity index (χ2v) is 10.4. The van der Waals surface area contributed by atoms with E-state index in [-0.39, 0.29) is 24.8 Å². The molecular weight excluding hydrogens is 450 g/mol. The number of likely N-dealkylation sites (tertiary alicyclic amines) is 1. The molecule has 3 heterocycles. The zero-order valence-corrected chi connectivity index (χ0v) is 19.8. The van der Waals surface area contributed by atoms with Gasteiger partial charge in [0.05, 0.1) is 17.6 Å². The molecule has 34 heavy (non-hydrogen) atoms. The number of aromatic nitrogens is 1. The summed E-state index contributed by atoms with van der Waals surface area (Å²) in [6.07, 6.45) is 3.92. The van der Waals surface area contributed by atoms with E-state index in [4.69, 9.17) is 9.47 Å². The molecule has 3 aliphatic rings. The summed E-state index contributed by atoms with van der Waals surface area (Å²) >= 11 is 1.51. The first-order valence-electron chi connectivity index (χ1n) is 11.7. The molecular formula is C26H27N3O4S. The van der Waals surface area contributed by atoms with Gasteiger partial charge in [-0.3, -0.25) is 9.69 Å². The summed E-state index contributed by atoms with van der Waals surface area (Å²) in [6.45, 7) is 3.79. The Balaban J connectivity index is 1.25. The normalized spacial score (nSPS) is 21.4. The predicted octanol–water partition coefficient (Wildman–Crippen LogP) is 4.01. The molecule has 2 atom stereocenters. The molecule has 1 amide bonds. The van der Waals surface area contributed by atoms with Crippen LogP contribution in [0.3, 0.4) is 0 Å². The van der Waals surface area contributed by atoms with Crippen molar-refractivity contribution < 1.29 is 19.4 Å². The summed E-state index contributed by atoms with van der Waals surface area (Å²) < 4.78 is 10.9. The number of aryl methyl sites for hydroxylation is 1. The number of fused-ring (bicyclic) bond motifs is 1. The predicted molar refractivity (Wildman–Crippen MR) is 129 cm³/mol. The third-order valence-electron chi connectivity index (χ3n) is 7.17. The minimum atomic E-state index is -0.540. The van der Waals surface area contributed by atoms with Crippen LogP contribution >= 0.6 is 11.3 Å². The van der Waals surface area contributed by atoms with Gasteiger partial charge in [0.15, 0.2) is 16.6 Å².